The monoisotopic (exact) mass is 445 g/mol. The van der Waals surface area contributed by atoms with Gasteiger partial charge < -0.3 is 5.73 Å². The predicted octanol–water partition coefficient (Wildman–Crippen LogP) is 3.43. The minimum Gasteiger partial charge on any atom is -0.322 e. The van der Waals surface area contributed by atoms with Gasteiger partial charge in [0.25, 0.3) is 5.56 Å². The van der Waals surface area contributed by atoms with Gasteiger partial charge in [0.05, 0.1) is 22.6 Å². The average molecular weight is 445 g/mol. The molecule has 3 rings (SSSR count). The van der Waals surface area contributed by atoms with Crippen molar-refractivity contribution in [1.82, 2.24) is 9.55 Å². The second kappa shape index (κ2) is 6.17. The van der Waals surface area contributed by atoms with E-state index < -0.39 is 29.1 Å². The largest absolute Gasteiger partial charge is 0.322 e. The van der Waals surface area contributed by atoms with Crippen molar-refractivity contribution in [2.75, 3.05) is 0 Å². The molecule has 24 heavy (non-hydrogen) atoms. The smallest absolute Gasteiger partial charge is 0.266 e. The summed E-state index contributed by atoms with van der Waals surface area (Å²) in [4.78, 5) is 17.2. The second-order valence-corrected chi connectivity index (χ2v) is 6.47. The molecule has 4 nitrogen and oxygen atoms in total. The van der Waals surface area contributed by atoms with E-state index in [2.05, 4.69) is 4.98 Å². The second-order valence-electron chi connectivity index (χ2n) is 5.31. The van der Waals surface area contributed by atoms with Gasteiger partial charge >= 0.3 is 0 Å². The summed E-state index contributed by atoms with van der Waals surface area (Å²) in [5.74, 6) is -2.17. The van der Waals surface area contributed by atoms with E-state index in [9.17, 15) is 18.0 Å². The Labute approximate surface area is 148 Å². The summed E-state index contributed by atoms with van der Waals surface area (Å²) in [5, 5.41) is 0.00784. The highest BCUT2D eigenvalue weighted by molar-refractivity contribution is 14.1. The Balaban J connectivity index is 2.48. The van der Waals surface area contributed by atoms with E-state index in [1.807, 2.05) is 22.6 Å². The fourth-order valence-electron chi connectivity index (χ4n) is 2.46. The SMILES string of the molecule is CC(N)c1nc2c(I)cc(F)cc2c(=O)n1-c1cc(F)cc(F)c1. The van der Waals surface area contributed by atoms with Gasteiger partial charge in [0.1, 0.15) is 23.3 Å². The number of aromatic nitrogens is 2. The third-order valence-corrected chi connectivity index (χ3v) is 4.25. The molecule has 0 radical (unpaired) electrons. The van der Waals surface area contributed by atoms with E-state index in [-0.39, 0.29) is 16.9 Å². The Hall–Kier alpha value is -1.94. The van der Waals surface area contributed by atoms with Crippen LogP contribution in [0.5, 0.6) is 0 Å². The molecule has 8 heteroatoms. The third kappa shape index (κ3) is 2.91. The maximum Gasteiger partial charge on any atom is 0.266 e. The van der Waals surface area contributed by atoms with Crippen LogP contribution in [0.4, 0.5) is 13.2 Å². The first-order valence-corrected chi connectivity index (χ1v) is 7.99. The third-order valence-electron chi connectivity index (χ3n) is 3.43. The number of hydrogen-bond donors (Lipinski definition) is 1. The van der Waals surface area contributed by atoms with Crippen LogP contribution < -0.4 is 11.3 Å². The van der Waals surface area contributed by atoms with Gasteiger partial charge in [0, 0.05) is 9.64 Å². The molecule has 0 spiro atoms. The van der Waals surface area contributed by atoms with Gasteiger partial charge in [0.15, 0.2) is 0 Å². The first-order valence-electron chi connectivity index (χ1n) is 6.91. The lowest BCUT2D eigenvalue weighted by atomic mass is 10.2. The van der Waals surface area contributed by atoms with Gasteiger partial charge in [-0.1, -0.05) is 0 Å². The lowest BCUT2D eigenvalue weighted by Gasteiger charge is -2.16. The molecule has 0 aliphatic carbocycles. The number of halogens is 4. The predicted molar refractivity (Wildman–Crippen MR) is 92.5 cm³/mol. The number of fused-ring (bicyclic) bond motifs is 1. The van der Waals surface area contributed by atoms with Crippen molar-refractivity contribution in [2.24, 2.45) is 5.73 Å². The molecule has 0 saturated carbocycles. The zero-order chi connectivity index (χ0) is 17.6. The quantitative estimate of drug-likeness (QED) is 0.616. The van der Waals surface area contributed by atoms with E-state index >= 15 is 0 Å². The summed E-state index contributed by atoms with van der Waals surface area (Å²) in [5.41, 5.74) is 5.47. The summed E-state index contributed by atoms with van der Waals surface area (Å²) >= 11 is 1.87. The zero-order valence-corrected chi connectivity index (χ0v) is 14.5. The summed E-state index contributed by atoms with van der Waals surface area (Å²) in [7, 11) is 0. The van der Waals surface area contributed by atoms with Gasteiger partial charge in [-0.05, 0) is 53.8 Å². The van der Waals surface area contributed by atoms with Crippen LogP contribution in [0.3, 0.4) is 0 Å². The lowest BCUT2D eigenvalue weighted by Crippen LogP contribution is -2.28. The fourth-order valence-corrected chi connectivity index (χ4v) is 3.16. The molecule has 0 aliphatic heterocycles. The van der Waals surface area contributed by atoms with Crippen LogP contribution in [0.25, 0.3) is 16.6 Å². The molecule has 0 aliphatic rings. The van der Waals surface area contributed by atoms with Crippen LogP contribution in [0.2, 0.25) is 0 Å². The normalized spacial score (nSPS) is 12.6. The summed E-state index contributed by atoms with van der Waals surface area (Å²) in [6, 6.07) is 4.28. The van der Waals surface area contributed by atoms with Crippen LogP contribution >= 0.6 is 22.6 Å². The molecule has 0 saturated heterocycles. The highest BCUT2D eigenvalue weighted by atomic mass is 127. The van der Waals surface area contributed by atoms with E-state index in [1.165, 1.54) is 6.07 Å². The summed E-state index contributed by atoms with van der Waals surface area (Å²) in [6.07, 6.45) is 0. The van der Waals surface area contributed by atoms with Crippen LogP contribution in [0.15, 0.2) is 35.1 Å². The molecule has 3 aromatic rings. The lowest BCUT2D eigenvalue weighted by molar-refractivity contribution is 0.579. The molecular weight excluding hydrogens is 434 g/mol. The van der Waals surface area contributed by atoms with Crippen LogP contribution in [0.1, 0.15) is 18.8 Å². The van der Waals surface area contributed by atoms with Crippen LogP contribution in [-0.2, 0) is 0 Å². The van der Waals surface area contributed by atoms with Gasteiger partial charge in [-0.25, -0.2) is 18.2 Å². The van der Waals surface area contributed by atoms with Crippen molar-refractivity contribution < 1.29 is 13.2 Å². The molecule has 1 aromatic heterocycles. The van der Waals surface area contributed by atoms with Crippen molar-refractivity contribution in [3.63, 3.8) is 0 Å². The van der Waals surface area contributed by atoms with Crippen molar-refractivity contribution in [3.05, 3.63) is 67.5 Å². The molecule has 0 fully saturated rings. The first kappa shape index (κ1) is 16.9. The van der Waals surface area contributed by atoms with Crippen molar-refractivity contribution >= 4 is 33.5 Å². The number of nitrogens with zero attached hydrogens (tertiary/aromatic N) is 2. The minimum atomic E-state index is -0.846. The van der Waals surface area contributed by atoms with Crippen LogP contribution in [0, 0.1) is 21.0 Å². The molecule has 124 valence electrons. The van der Waals surface area contributed by atoms with Crippen molar-refractivity contribution in [2.45, 2.75) is 13.0 Å². The van der Waals surface area contributed by atoms with E-state index in [0.717, 1.165) is 22.8 Å². The number of benzene rings is 2. The Morgan fingerprint density at radius 1 is 1.08 bits per heavy atom. The number of rotatable bonds is 2. The van der Waals surface area contributed by atoms with Crippen LogP contribution in [-0.4, -0.2) is 9.55 Å². The number of hydrogen-bond acceptors (Lipinski definition) is 3. The zero-order valence-electron chi connectivity index (χ0n) is 12.4. The van der Waals surface area contributed by atoms with Gasteiger partial charge in [-0.15, -0.1) is 0 Å². The molecule has 0 amide bonds. The van der Waals surface area contributed by atoms with E-state index in [4.69, 9.17) is 5.73 Å². The molecule has 2 aromatic carbocycles. The van der Waals surface area contributed by atoms with Crippen molar-refractivity contribution in [3.8, 4) is 5.69 Å². The Morgan fingerprint density at radius 2 is 1.67 bits per heavy atom. The van der Waals surface area contributed by atoms with Crippen molar-refractivity contribution in [1.29, 1.82) is 0 Å². The van der Waals surface area contributed by atoms with Gasteiger partial charge in [-0.2, -0.15) is 0 Å². The summed E-state index contributed by atoms with van der Waals surface area (Å²) in [6.45, 7) is 1.59. The molecule has 1 atom stereocenters. The Bertz CT molecular complexity index is 997. The highest BCUT2D eigenvalue weighted by Gasteiger charge is 2.18. The number of nitrogens with two attached hydrogens (primary N) is 1. The Kier molecular flexibility index (Phi) is 4.35. The standard InChI is InChI=1S/C16H11F3IN3O/c1-7(21)15-22-14-12(5-10(19)6-13(14)20)16(24)23(15)11-3-8(17)2-9(18)4-11/h2-7H,21H2,1H3. The molecule has 1 unspecified atom stereocenters. The maximum atomic E-state index is 13.7. The first-order chi connectivity index (χ1) is 11.3. The Morgan fingerprint density at radius 3 is 2.25 bits per heavy atom. The molecule has 0 bridgehead atoms. The van der Waals surface area contributed by atoms with E-state index in [1.54, 1.807) is 6.92 Å². The topological polar surface area (TPSA) is 60.9 Å². The molecular formula is C16H11F3IN3O. The maximum absolute atomic E-state index is 13.7. The van der Waals surface area contributed by atoms with Gasteiger partial charge in [0.2, 0.25) is 0 Å². The minimum absolute atomic E-state index is 0.00784. The van der Waals surface area contributed by atoms with E-state index in [0.29, 0.717) is 15.2 Å². The van der Waals surface area contributed by atoms with Gasteiger partial charge in [-0.3, -0.25) is 9.36 Å². The molecule has 1 heterocycles. The average Bonchev–Trinajstić information content (AvgIpc) is 2.46. The highest BCUT2D eigenvalue weighted by Crippen LogP contribution is 2.22. The summed E-state index contributed by atoms with van der Waals surface area (Å²) < 4.78 is 42.2. The molecule has 2 N–H and O–H groups in total. The fraction of sp³-hybridized carbons (Fsp3) is 0.125.